The fraction of sp³-hybridized carbons (Fsp3) is 0.227. The molecular formula is C22H22N2O4S. The standard InChI is InChI=1S/C22H22N2O4S/c1-28-21(26)19(13-16-14-23-18-10-6-5-9-17(16)18)24-20(25)11-12-29-22(27)15-7-3-2-4-8-15/h2-10,14,19,23H,11-13H2,1H3,(H,24,25)/t19-/m0/s1. The molecule has 7 heteroatoms. The SMILES string of the molecule is COC(=O)[C@H](Cc1c[nH]c2ccccc12)NC(=O)CCSC(=O)c1ccccc1. The van der Waals surface area contributed by atoms with Crippen molar-refractivity contribution in [2.24, 2.45) is 0 Å². The van der Waals surface area contributed by atoms with Crippen LogP contribution in [0.15, 0.2) is 60.8 Å². The number of H-pyrrole nitrogens is 1. The average molecular weight is 410 g/mol. The summed E-state index contributed by atoms with van der Waals surface area (Å²) >= 11 is 1.09. The normalized spacial score (nSPS) is 11.8. The van der Waals surface area contributed by atoms with Gasteiger partial charge in [-0.15, -0.1) is 0 Å². The second-order valence-corrected chi connectivity index (χ2v) is 7.53. The minimum atomic E-state index is -0.790. The van der Waals surface area contributed by atoms with Gasteiger partial charge in [0, 0.05) is 41.3 Å². The van der Waals surface area contributed by atoms with E-state index in [4.69, 9.17) is 4.74 Å². The number of aromatic nitrogens is 1. The van der Waals surface area contributed by atoms with Crippen LogP contribution in [0, 0.1) is 0 Å². The van der Waals surface area contributed by atoms with Crippen molar-refractivity contribution in [2.75, 3.05) is 12.9 Å². The van der Waals surface area contributed by atoms with Crippen molar-refractivity contribution in [3.05, 3.63) is 71.9 Å². The van der Waals surface area contributed by atoms with E-state index in [2.05, 4.69) is 10.3 Å². The molecule has 3 aromatic rings. The number of carbonyl (C=O) groups excluding carboxylic acids is 3. The van der Waals surface area contributed by atoms with Crippen molar-refractivity contribution < 1.29 is 19.1 Å². The molecule has 0 saturated carbocycles. The van der Waals surface area contributed by atoms with E-state index < -0.39 is 12.0 Å². The highest BCUT2D eigenvalue weighted by atomic mass is 32.2. The Hall–Kier alpha value is -3.06. The Morgan fingerprint density at radius 3 is 2.55 bits per heavy atom. The summed E-state index contributed by atoms with van der Waals surface area (Å²) in [5, 5.41) is 3.65. The van der Waals surface area contributed by atoms with Crippen LogP contribution in [0.4, 0.5) is 0 Å². The first kappa shape index (κ1) is 20.7. The zero-order valence-corrected chi connectivity index (χ0v) is 16.8. The Kier molecular flexibility index (Phi) is 7.08. The summed E-state index contributed by atoms with van der Waals surface area (Å²) in [5.41, 5.74) is 2.49. The minimum absolute atomic E-state index is 0.0817. The van der Waals surface area contributed by atoms with Crippen molar-refractivity contribution >= 4 is 39.7 Å². The minimum Gasteiger partial charge on any atom is -0.467 e. The molecule has 1 heterocycles. The second kappa shape index (κ2) is 9.93. The summed E-state index contributed by atoms with van der Waals surface area (Å²) in [6, 6.07) is 15.9. The lowest BCUT2D eigenvalue weighted by atomic mass is 10.0. The number of amides is 1. The molecule has 150 valence electrons. The number of benzene rings is 2. The molecular weight excluding hydrogens is 388 g/mol. The smallest absolute Gasteiger partial charge is 0.328 e. The van der Waals surface area contributed by atoms with Gasteiger partial charge in [0.25, 0.3) is 0 Å². The van der Waals surface area contributed by atoms with Gasteiger partial charge >= 0.3 is 5.97 Å². The predicted octanol–water partition coefficient (Wildman–Crippen LogP) is 3.33. The summed E-state index contributed by atoms with van der Waals surface area (Å²) in [5.74, 6) is -0.467. The van der Waals surface area contributed by atoms with Crippen molar-refractivity contribution in [2.45, 2.75) is 18.9 Å². The zero-order valence-electron chi connectivity index (χ0n) is 16.0. The molecule has 3 rings (SSSR count). The van der Waals surface area contributed by atoms with Crippen molar-refractivity contribution in [1.29, 1.82) is 0 Å². The third-order valence-electron chi connectivity index (χ3n) is 4.49. The molecule has 1 aromatic heterocycles. The molecule has 2 N–H and O–H groups in total. The molecule has 0 aliphatic rings. The maximum atomic E-state index is 12.3. The largest absolute Gasteiger partial charge is 0.467 e. The van der Waals surface area contributed by atoms with E-state index in [1.807, 2.05) is 36.5 Å². The van der Waals surface area contributed by atoms with Crippen LogP contribution in [0.3, 0.4) is 0 Å². The molecule has 6 nitrogen and oxygen atoms in total. The van der Waals surface area contributed by atoms with E-state index in [1.54, 1.807) is 24.3 Å². The lowest BCUT2D eigenvalue weighted by Gasteiger charge is -2.16. The van der Waals surface area contributed by atoms with Gasteiger partial charge in [-0.05, 0) is 11.6 Å². The Labute approximate surface area is 173 Å². The molecule has 0 bridgehead atoms. The van der Waals surface area contributed by atoms with Crippen molar-refractivity contribution in [3.63, 3.8) is 0 Å². The van der Waals surface area contributed by atoms with Gasteiger partial charge in [0.05, 0.1) is 7.11 Å². The highest BCUT2D eigenvalue weighted by Gasteiger charge is 2.23. The van der Waals surface area contributed by atoms with E-state index in [9.17, 15) is 14.4 Å². The lowest BCUT2D eigenvalue weighted by molar-refractivity contribution is -0.145. The summed E-state index contributed by atoms with van der Waals surface area (Å²) in [6.45, 7) is 0. The molecule has 29 heavy (non-hydrogen) atoms. The van der Waals surface area contributed by atoms with E-state index in [-0.39, 0.29) is 17.4 Å². The maximum absolute atomic E-state index is 12.3. The molecule has 0 aliphatic carbocycles. The van der Waals surface area contributed by atoms with Gasteiger partial charge in [-0.3, -0.25) is 9.59 Å². The van der Waals surface area contributed by atoms with Crippen LogP contribution in [0.2, 0.25) is 0 Å². The van der Waals surface area contributed by atoms with Crippen molar-refractivity contribution in [1.82, 2.24) is 10.3 Å². The number of ether oxygens (including phenoxy) is 1. The van der Waals surface area contributed by atoms with Crippen LogP contribution in [0.5, 0.6) is 0 Å². The van der Waals surface area contributed by atoms with Crippen LogP contribution >= 0.6 is 11.8 Å². The number of carbonyl (C=O) groups is 3. The number of para-hydroxylation sites is 1. The Balaban J connectivity index is 1.56. The summed E-state index contributed by atoms with van der Waals surface area (Å²) in [7, 11) is 1.30. The highest BCUT2D eigenvalue weighted by Crippen LogP contribution is 2.19. The lowest BCUT2D eigenvalue weighted by Crippen LogP contribution is -2.43. The number of aromatic amines is 1. The molecule has 0 aliphatic heterocycles. The van der Waals surface area contributed by atoms with Gasteiger partial charge in [-0.1, -0.05) is 60.3 Å². The fourth-order valence-electron chi connectivity index (χ4n) is 3.02. The topological polar surface area (TPSA) is 88.3 Å². The first-order chi connectivity index (χ1) is 14.1. The van der Waals surface area contributed by atoms with Crippen LogP contribution < -0.4 is 5.32 Å². The molecule has 2 aromatic carbocycles. The number of hydrogen-bond donors (Lipinski definition) is 2. The Morgan fingerprint density at radius 2 is 1.79 bits per heavy atom. The number of esters is 1. The first-order valence-electron chi connectivity index (χ1n) is 9.23. The molecule has 0 radical (unpaired) electrons. The molecule has 1 amide bonds. The van der Waals surface area contributed by atoms with Crippen LogP contribution in [0.25, 0.3) is 10.9 Å². The number of rotatable bonds is 8. The number of fused-ring (bicyclic) bond motifs is 1. The fourth-order valence-corrected chi connectivity index (χ4v) is 3.79. The van der Waals surface area contributed by atoms with Gasteiger partial charge < -0.3 is 15.0 Å². The average Bonchev–Trinajstić information content (AvgIpc) is 3.16. The Bertz CT molecular complexity index is 1000. The number of methoxy groups -OCH3 is 1. The number of nitrogens with one attached hydrogen (secondary N) is 2. The molecule has 1 atom stereocenters. The molecule has 0 fully saturated rings. The zero-order chi connectivity index (χ0) is 20.6. The van der Waals surface area contributed by atoms with Crippen molar-refractivity contribution in [3.8, 4) is 0 Å². The van der Waals surface area contributed by atoms with Gasteiger partial charge in [0.2, 0.25) is 11.0 Å². The monoisotopic (exact) mass is 410 g/mol. The van der Waals surface area contributed by atoms with E-state index in [0.29, 0.717) is 17.7 Å². The predicted molar refractivity (Wildman–Crippen MR) is 114 cm³/mol. The summed E-state index contributed by atoms with van der Waals surface area (Å²) in [6.07, 6.45) is 2.28. The van der Waals surface area contributed by atoms with E-state index in [0.717, 1.165) is 28.2 Å². The molecule has 0 spiro atoms. The van der Waals surface area contributed by atoms with Gasteiger partial charge in [0.1, 0.15) is 6.04 Å². The van der Waals surface area contributed by atoms with E-state index >= 15 is 0 Å². The second-order valence-electron chi connectivity index (χ2n) is 6.46. The van der Waals surface area contributed by atoms with Gasteiger partial charge in [-0.2, -0.15) is 0 Å². The Morgan fingerprint density at radius 1 is 1.07 bits per heavy atom. The highest BCUT2D eigenvalue weighted by molar-refractivity contribution is 8.14. The third kappa shape index (κ3) is 5.48. The summed E-state index contributed by atoms with van der Waals surface area (Å²) in [4.78, 5) is 39.8. The van der Waals surface area contributed by atoms with Crippen LogP contribution in [-0.4, -0.2) is 40.9 Å². The molecule has 0 saturated heterocycles. The van der Waals surface area contributed by atoms with Gasteiger partial charge in [-0.25, -0.2) is 4.79 Å². The number of hydrogen-bond acceptors (Lipinski definition) is 5. The quantitative estimate of drug-likeness (QED) is 0.556. The maximum Gasteiger partial charge on any atom is 0.328 e. The van der Waals surface area contributed by atoms with Crippen LogP contribution in [0.1, 0.15) is 22.3 Å². The molecule has 0 unspecified atom stereocenters. The summed E-state index contributed by atoms with van der Waals surface area (Å²) < 4.78 is 4.85. The van der Waals surface area contributed by atoms with E-state index in [1.165, 1.54) is 7.11 Å². The van der Waals surface area contributed by atoms with Crippen LogP contribution in [-0.2, 0) is 20.7 Å². The first-order valence-corrected chi connectivity index (χ1v) is 10.2. The third-order valence-corrected chi connectivity index (χ3v) is 5.40. The number of thioether (sulfide) groups is 1. The van der Waals surface area contributed by atoms with Gasteiger partial charge in [0.15, 0.2) is 0 Å².